The fourth-order valence-corrected chi connectivity index (χ4v) is 1.56. The molecule has 0 fully saturated rings. The highest BCUT2D eigenvalue weighted by Crippen LogP contribution is 2.13. The molecule has 5 nitrogen and oxygen atoms in total. The highest BCUT2D eigenvalue weighted by molar-refractivity contribution is 6.28. The summed E-state index contributed by atoms with van der Waals surface area (Å²) < 4.78 is 0. The van der Waals surface area contributed by atoms with E-state index in [0.717, 1.165) is 5.69 Å². The van der Waals surface area contributed by atoms with Crippen LogP contribution in [-0.2, 0) is 4.79 Å². The first-order chi connectivity index (χ1) is 7.40. The van der Waals surface area contributed by atoms with Gasteiger partial charge in [0.15, 0.2) is 0 Å². The molecule has 1 aromatic rings. The Hall–Kier alpha value is -1.36. The van der Waals surface area contributed by atoms with E-state index >= 15 is 0 Å². The van der Waals surface area contributed by atoms with E-state index in [2.05, 4.69) is 15.3 Å². The molecule has 16 heavy (non-hydrogen) atoms. The molecule has 3 N–H and O–H groups in total. The monoisotopic (exact) mass is 242 g/mol. The molecule has 1 atom stereocenters. The molecular weight excluding hydrogens is 228 g/mol. The molecular formula is C10H15ClN4O. The Labute approximate surface area is 99.4 Å². The molecule has 1 amide bonds. The van der Waals surface area contributed by atoms with Gasteiger partial charge in [-0.25, -0.2) is 9.97 Å². The van der Waals surface area contributed by atoms with Gasteiger partial charge in [0.05, 0.1) is 0 Å². The summed E-state index contributed by atoms with van der Waals surface area (Å²) in [7, 11) is 0. The smallest absolute Gasteiger partial charge is 0.240 e. The lowest BCUT2D eigenvalue weighted by atomic mass is 10.0. The maximum absolute atomic E-state index is 11.2. The molecule has 0 aromatic carbocycles. The number of aromatic nitrogens is 2. The SMILES string of the molecule is Cc1cc(NC(C(N)=O)C(C)C)nc(Cl)n1. The van der Waals surface area contributed by atoms with Gasteiger partial charge in [0.1, 0.15) is 11.9 Å². The molecule has 0 spiro atoms. The van der Waals surface area contributed by atoms with E-state index in [9.17, 15) is 4.79 Å². The van der Waals surface area contributed by atoms with E-state index in [0.29, 0.717) is 5.82 Å². The fraction of sp³-hybridized carbons (Fsp3) is 0.500. The van der Waals surface area contributed by atoms with Gasteiger partial charge in [-0.2, -0.15) is 0 Å². The lowest BCUT2D eigenvalue weighted by molar-refractivity contribution is -0.119. The number of rotatable bonds is 4. The number of hydrogen-bond donors (Lipinski definition) is 2. The van der Waals surface area contributed by atoms with Gasteiger partial charge < -0.3 is 11.1 Å². The van der Waals surface area contributed by atoms with Crippen molar-refractivity contribution in [2.45, 2.75) is 26.8 Å². The molecule has 1 aromatic heterocycles. The summed E-state index contributed by atoms with van der Waals surface area (Å²) in [5, 5.41) is 3.10. The molecule has 0 saturated heterocycles. The van der Waals surface area contributed by atoms with Crippen LogP contribution < -0.4 is 11.1 Å². The largest absolute Gasteiger partial charge is 0.368 e. The average Bonchev–Trinajstić information content (AvgIpc) is 2.11. The van der Waals surface area contributed by atoms with Crippen LogP contribution in [0.5, 0.6) is 0 Å². The van der Waals surface area contributed by atoms with Gasteiger partial charge in [0.25, 0.3) is 0 Å². The minimum absolute atomic E-state index is 0.0755. The third-order valence-corrected chi connectivity index (χ3v) is 2.27. The quantitative estimate of drug-likeness (QED) is 0.782. The topological polar surface area (TPSA) is 80.9 Å². The minimum atomic E-state index is -0.467. The summed E-state index contributed by atoms with van der Waals surface area (Å²) in [6, 6.07) is 1.25. The van der Waals surface area contributed by atoms with Crippen LogP contribution >= 0.6 is 11.6 Å². The van der Waals surface area contributed by atoms with Crippen LogP contribution in [0.2, 0.25) is 5.28 Å². The van der Waals surface area contributed by atoms with Gasteiger partial charge in [-0.1, -0.05) is 13.8 Å². The number of carbonyl (C=O) groups is 1. The van der Waals surface area contributed by atoms with Crippen LogP contribution in [0.4, 0.5) is 5.82 Å². The second kappa shape index (κ2) is 5.12. The summed E-state index contributed by atoms with van der Waals surface area (Å²) in [5.74, 6) is 0.170. The number of nitrogens with two attached hydrogens (primary N) is 1. The second-order valence-electron chi connectivity index (χ2n) is 3.93. The van der Waals surface area contributed by atoms with Gasteiger partial charge >= 0.3 is 0 Å². The Morgan fingerprint density at radius 2 is 2.12 bits per heavy atom. The van der Waals surface area contributed by atoms with E-state index in [4.69, 9.17) is 17.3 Å². The number of hydrogen-bond acceptors (Lipinski definition) is 4. The van der Waals surface area contributed by atoms with Crippen molar-refractivity contribution in [3.05, 3.63) is 17.0 Å². The Bertz CT molecular complexity index is 374. The summed E-state index contributed by atoms with van der Waals surface area (Å²) in [6.07, 6.45) is 0. The molecule has 0 saturated carbocycles. The number of aryl methyl sites for hydroxylation is 1. The van der Waals surface area contributed by atoms with Crippen LogP contribution in [-0.4, -0.2) is 21.9 Å². The zero-order valence-electron chi connectivity index (χ0n) is 9.49. The molecule has 88 valence electrons. The second-order valence-corrected chi connectivity index (χ2v) is 4.27. The van der Waals surface area contributed by atoms with Gasteiger partial charge in [-0.15, -0.1) is 0 Å². The molecule has 6 heteroatoms. The number of carbonyl (C=O) groups excluding carboxylic acids is 1. The number of anilines is 1. The van der Waals surface area contributed by atoms with E-state index in [1.165, 1.54) is 0 Å². The van der Waals surface area contributed by atoms with E-state index in [1.807, 2.05) is 13.8 Å². The highest BCUT2D eigenvalue weighted by atomic mass is 35.5. The zero-order chi connectivity index (χ0) is 12.3. The summed E-state index contributed by atoms with van der Waals surface area (Å²) in [6.45, 7) is 5.60. The first-order valence-electron chi connectivity index (χ1n) is 4.97. The van der Waals surface area contributed by atoms with Gasteiger partial charge in [-0.05, 0) is 24.4 Å². The highest BCUT2D eigenvalue weighted by Gasteiger charge is 2.19. The van der Waals surface area contributed by atoms with Gasteiger partial charge in [0.2, 0.25) is 11.2 Å². The maximum atomic E-state index is 11.2. The molecule has 1 heterocycles. The molecule has 1 unspecified atom stereocenters. The Kier molecular flexibility index (Phi) is 4.06. The van der Waals surface area contributed by atoms with Crippen LogP contribution in [0.25, 0.3) is 0 Å². The van der Waals surface area contributed by atoms with Crippen molar-refractivity contribution in [1.29, 1.82) is 0 Å². The van der Waals surface area contributed by atoms with Crippen molar-refractivity contribution >= 4 is 23.3 Å². The van der Waals surface area contributed by atoms with Gasteiger partial charge in [-0.3, -0.25) is 4.79 Å². The van der Waals surface area contributed by atoms with Crippen molar-refractivity contribution < 1.29 is 4.79 Å². The minimum Gasteiger partial charge on any atom is -0.368 e. The summed E-state index contributed by atoms with van der Waals surface area (Å²) >= 11 is 5.71. The van der Waals surface area contributed by atoms with Crippen LogP contribution in [0.15, 0.2) is 6.07 Å². The summed E-state index contributed by atoms with van der Waals surface area (Å²) in [4.78, 5) is 19.1. The van der Waals surface area contributed by atoms with Crippen molar-refractivity contribution in [2.24, 2.45) is 11.7 Å². The number of halogens is 1. The zero-order valence-corrected chi connectivity index (χ0v) is 10.2. The number of primary amides is 1. The maximum Gasteiger partial charge on any atom is 0.240 e. The Morgan fingerprint density at radius 3 is 2.56 bits per heavy atom. The summed E-state index contributed by atoms with van der Waals surface area (Å²) in [5.41, 5.74) is 6.01. The Balaban J connectivity index is 2.89. The molecule has 0 bridgehead atoms. The molecule has 0 aliphatic rings. The molecule has 0 aliphatic carbocycles. The predicted octanol–water partition coefficient (Wildman–Crippen LogP) is 1.36. The number of nitrogens with one attached hydrogen (secondary N) is 1. The first kappa shape index (κ1) is 12.7. The first-order valence-corrected chi connectivity index (χ1v) is 5.35. The van der Waals surface area contributed by atoms with Crippen molar-refractivity contribution in [1.82, 2.24) is 9.97 Å². The predicted molar refractivity (Wildman–Crippen MR) is 63.2 cm³/mol. The number of nitrogens with zero attached hydrogens (tertiary/aromatic N) is 2. The lowest BCUT2D eigenvalue weighted by Gasteiger charge is -2.19. The number of amides is 1. The molecule has 0 radical (unpaired) electrons. The third-order valence-electron chi connectivity index (χ3n) is 2.10. The fourth-order valence-electron chi connectivity index (χ4n) is 1.33. The van der Waals surface area contributed by atoms with E-state index < -0.39 is 11.9 Å². The molecule has 0 aliphatic heterocycles. The molecule has 1 rings (SSSR count). The standard InChI is InChI=1S/C10H15ClN4O/c1-5(2)8(9(12)16)14-7-4-6(3)13-10(11)15-7/h4-5,8H,1-3H3,(H2,12,16)(H,13,14,15). The van der Waals surface area contributed by atoms with Crippen molar-refractivity contribution in [2.75, 3.05) is 5.32 Å². The van der Waals surface area contributed by atoms with Crippen molar-refractivity contribution in [3.8, 4) is 0 Å². The Morgan fingerprint density at radius 1 is 1.50 bits per heavy atom. The van der Waals surface area contributed by atoms with Crippen LogP contribution in [0.3, 0.4) is 0 Å². The van der Waals surface area contributed by atoms with E-state index in [-0.39, 0.29) is 11.2 Å². The van der Waals surface area contributed by atoms with E-state index in [1.54, 1.807) is 13.0 Å². The third kappa shape index (κ3) is 3.34. The van der Waals surface area contributed by atoms with Crippen LogP contribution in [0.1, 0.15) is 19.5 Å². The van der Waals surface area contributed by atoms with Crippen LogP contribution in [0, 0.1) is 12.8 Å². The lowest BCUT2D eigenvalue weighted by Crippen LogP contribution is -2.39. The normalized spacial score (nSPS) is 12.6. The average molecular weight is 243 g/mol. The van der Waals surface area contributed by atoms with Gasteiger partial charge in [0, 0.05) is 11.8 Å². The van der Waals surface area contributed by atoms with Crippen molar-refractivity contribution in [3.63, 3.8) is 0 Å².